The van der Waals surface area contributed by atoms with Crippen molar-refractivity contribution in [3.8, 4) is 5.75 Å². The number of aliphatic hydroxyl groups is 1. The monoisotopic (exact) mass is 339 g/mol. The van der Waals surface area contributed by atoms with Crippen LogP contribution in [0, 0.1) is 5.92 Å². The van der Waals surface area contributed by atoms with Crippen LogP contribution in [-0.4, -0.2) is 23.5 Å². The van der Waals surface area contributed by atoms with E-state index in [0.29, 0.717) is 5.02 Å². The Labute approximate surface area is 127 Å². The minimum absolute atomic E-state index is 0.199. The highest BCUT2D eigenvalue weighted by Gasteiger charge is 2.31. The highest BCUT2D eigenvalue weighted by atomic mass is 35.7. The number of halogens is 2. The second-order valence-corrected chi connectivity index (χ2v) is 7.67. The van der Waals surface area contributed by atoms with Crippen LogP contribution < -0.4 is 9.61 Å². The van der Waals surface area contributed by atoms with E-state index in [9.17, 15) is 9.36 Å². The van der Waals surface area contributed by atoms with Crippen molar-refractivity contribution in [2.75, 3.05) is 6.61 Å². The first kappa shape index (κ1) is 17.5. The fraction of sp³-hybridized carbons (Fsp3) is 0.417. The van der Waals surface area contributed by atoms with Crippen LogP contribution in [0.1, 0.15) is 13.8 Å². The molecule has 0 amide bonds. The van der Waals surface area contributed by atoms with Gasteiger partial charge < -0.3 is 9.63 Å². The largest absolute Gasteiger partial charge is 0.422 e. The molecule has 0 aliphatic carbocycles. The van der Waals surface area contributed by atoms with Gasteiger partial charge in [0.25, 0.3) is 0 Å². The lowest BCUT2D eigenvalue weighted by Gasteiger charge is -2.23. The molecule has 0 aromatic heterocycles. The second kappa shape index (κ2) is 7.43. The van der Waals surface area contributed by atoms with Crippen LogP contribution in [0.15, 0.2) is 24.3 Å². The number of aliphatic hydroxyl groups excluding tert-OH is 1. The zero-order chi connectivity index (χ0) is 15.3. The van der Waals surface area contributed by atoms with Crippen molar-refractivity contribution in [2.24, 2.45) is 5.92 Å². The standard InChI is InChI=1S/C12H16Cl2NO4P/c1-8(2)12(11(17)7-16)15-20(14,18)19-10-5-3-9(13)4-6-10/h3-6,8,12,16H,7H2,1-2H3,(H,15,18)/t12-,20?/m0/s1. The second-order valence-electron chi connectivity index (χ2n) is 4.50. The molecule has 2 atom stereocenters. The maximum atomic E-state index is 12.2. The zero-order valence-electron chi connectivity index (χ0n) is 11.0. The molecule has 0 radical (unpaired) electrons. The number of nitrogens with one attached hydrogen (secondary N) is 1. The molecule has 0 fully saturated rings. The maximum Gasteiger partial charge on any atom is 0.409 e. The predicted octanol–water partition coefficient (Wildman–Crippen LogP) is 3.24. The molecule has 5 nitrogen and oxygen atoms in total. The SMILES string of the molecule is CC(C)[C@H](NP(=O)(Cl)Oc1ccc(Cl)cc1)C(=O)CO. The Balaban J connectivity index is 2.79. The van der Waals surface area contributed by atoms with Gasteiger partial charge in [0.2, 0.25) is 0 Å². The zero-order valence-corrected chi connectivity index (χ0v) is 13.5. The molecule has 1 rings (SSSR count). The van der Waals surface area contributed by atoms with Crippen LogP contribution in [-0.2, 0) is 9.36 Å². The Kier molecular flexibility index (Phi) is 6.49. The van der Waals surface area contributed by atoms with Gasteiger partial charge in [-0.3, -0.25) is 4.79 Å². The Hall–Kier alpha value is -0.580. The normalized spacial score (nSPS) is 15.7. The molecule has 1 aromatic carbocycles. The van der Waals surface area contributed by atoms with E-state index in [2.05, 4.69) is 5.09 Å². The highest BCUT2D eigenvalue weighted by Crippen LogP contribution is 2.49. The molecule has 1 aromatic rings. The number of rotatable bonds is 7. The van der Waals surface area contributed by atoms with Crippen molar-refractivity contribution < 1.29 is 19.0 Å². The van der Waals surface area contributed by atoms with E-state index >= 15 is 0 Å². The molecule has 112 valence electrons. The molecular weight excluding hydrogens is 324 g/mol. The van der Waals surface area contributed by atoms with Crippen LogP contribution in [0.25, 0.3) is 0 Å². The first-order valence-corrected chi connectivity index (χ1v) is 8.82. The summed E-state index contributed by atoms with van der Waals surface area (Å²) < 4.78 is 17.3. The van der Waals surface area contributed by atoms with Gasteiger partial charge >= 0.3 is 6.87 Å². The van der Waals surface area contributed by atoms with Crippen LogP contribution in [0.2, 0.25) is 5.02 Å². The summed E-state index contributed by atoms with van der Waals surface area (Å²) in [5.74, 6) is -0.435. The Morgan fingerprint density at radius 3 is 2.40 bits per heavy atom. The first-order valence-electron chi connectivity index (χ1n) is 5.91. The van der Waals surface area contributed by atoms with Crippen LogP contribution in [0.5, 0.6) is 5.75 Å². The maximum absolute atomic E-state index is 12.2. The molecule has 2 N–H and O–H groups in total. The predicted molar refractivity (Wildman–Crippen MR) is 79.4 cm³/mol. The van der Waals surface area contributed by atoms with Crippen molar-refractivity contribution in [1.82, 2.24) is 5.09 Å². The van der Waals surface area contributed by atoms with Gasteiger partial charge in [-0.15, -0.1) is 0 Å². The molecule has 20 heavy (non-hydrogen) atoms. The first-order chi connectivity index (χ1) is 9.25. The van der Waals surface area contributed by atoms with E-state index in [4.69, 9.17) is 32.5 Å². The lowest BCUT2D eigenvalue weighted by Crippen LogP contribution is -2.40. The van der Waals surface area contributed by atoms with Gasteiger partial charge in [-0.25, -0.2) is 9.65 Å². The van der Waals surface area contributed by atoms with Crippen molar-refractivity contribution in [1.29, 1.82) is 0 Å². The summed E-state index contributed by atoms with van der Waals surface area (Å²) in [6.45, 7) is -0.938. The summed E-state index contributed by atoms with van der Waals surface area (Å²) in [7, 11) is 0. The van der Waals surface area contributed by atoms with E-state index < -0.39 is 25.3 Å². The van der Waals surface area contributed by atoms with Gasteiger partial charge in [-0.05, 0) is 30.2 Å². The number of carbonyl (C=O) groups excluding carboxylic acids is 1. The molecule has 0 bridgehead atoms. The Morgan fingerprint density at radius 1 is 1.40 bits per heavy atom. The molecule has 0 spiro atoms. The summed E-state index contributed by atoms with van der Waals surface area (Å²) >= 11 is 11.5. The number of carbonyl (C=O) groups is 1. The number of benzene rings is 1. The molecule has 0 saturated carbocycles. The smallest absolute Gasteiger partial charge is 0.409 e. The summed E-state index contributed by atoms with van der Waals surface area (Å²) in [6, 6.07) is 5.30. The number of Topliss-reactive ketones (excluding diaryl/α,β-unsaturated/α-hetero) is 1. The Bertz CT molecular complexity index is 507. The van der Waals surface area contributed by atoms with Gasteiger partial charge in [0.05, 0.1) is 6.04 Å². The topological polar surface area (TPSA) is 75.6 Å². The van der Waals surface area contributed by atoms with E-state index in [1.807, 2.05) is 0 Å². The van der Waals surface area contributed by atoms with E-state index in [0.717, 1.165) is 0 Å². The van der Waals surface area contributed by atoms with Crippen molar-refractivity contribution >= 4 is 35.5 Å². The third-order valence-electron chi connectivity index (χ3n) is 2.50. The van der Waals surface area contributed by atoms with E-state index in [1.54, 1.807) is 26.0 Å². The van der Waals surface area contributed by atoms with Crippen LogP contribution in [0.4, 0.5) is 0 Å². The molecule has 8 heteroatoms. The number of ketones is 1. The van der Waals surface area contributed by atoms with Crippen LogP contribution in [0.3, 0.4) is 0 Å². The minimum atomic E-state index is -3.76. The van der Waals surface area contributed by atoms with Crippen molar-refractivity contribution in [2.45, 2.75) is 19.9 Å². The molecule has 0 heterocycles. The van der Waals surface area contributed by atoms with Gasteiger partial charge in [0.1, 0.15) is 12.4 Å². The van der Waals surface area contributed by atoms with Gasteiger partial charge in [-0.1, -0.05) is 25.4 Å². The fourth-order valence-electron chi connectivity index (χ4n) is 1.51. The van der Waals surface area contributed by atoms with E-state index in [-0.39, 0.29) is 11.7 Å². The average molecular weight is 340 g/mol. The summed E-state index contributed by atoms with van der Waals surface area (Å²) in [5.41, 5.74) is 0. The molecule has 0 aliphatic heterocycles. The lowest BCUT2D eigenvalue weighted by atomic mass is 10.0. The van der Waals surface area contributed by atoms with E-state index in [1.165, 1.54) is 12.1 Å². The van der Waals surface area contributed by atoms with Gasteiger partial charge in [0, 0.05) is 16.3 Å². The van der Waals surface area contributed by atoms with Gasteiger partial charge in [-0.2, -0.15) is 0 Å². The van der Waals surface area contributed by atoms with Crippen molar-refractivity contribution in [3.05, 3.63) is 29.3 Å². The van der Waals surface area contributed by atoms with Crippen LogP contribution >= 0.6 is 29.7 Å². The van der Waals surface area contributed by atoms with Gasteiger partial charge in [0.15, 0.2) is 5.78 Å². The quantitative estimate of drug-likeness (QED) is 0.746. The number of hydrogen-bond acceptors (Lipinski definition) is 4. The van der Waals surface area contributed by atoms with Crippen molar-refractivity contribution in [3.63, 3.8) is 0 Å². The summed E-state index contributed by atoms with van der Waals surface area (Å²) in [6.07, 6.45) is 0. The summed E-state index contributed by atoms with van der Waals surface area (Å²) in [5, 5.41) is 11.9. The minimum Gasteiger partial charge on any atom is -0.422 e. The molecule has 0 aliphatic rings. The highest BCUT2D eigenvalue weighted by molar-refractivity contribution is 7.84. The number of hydrogen-bond donors (Lipinski definition) is 2. The summed E-state index contributed by atoms with van der Waals surface area (Å²) in [4.78, 5) is 11.6. The Morgan fingerprint density at radius 2 is 1.95 bits per heavy atom. The molecule has 1 unspecified atom stereocenters. The lowest BCUT2D eigenvalue weighted by molar-refractivity contribution is -0.124. The average Bonchev–Trinajstić information content (AvgIpc) is 2.37. The fourth-order valence-corrected chi connectivity index (χ4v) is 3.42. The molecule has 0 saturated heterocycles. The third-order valence-corrected chi connectivity index (χ3v) is 4.28. The molecular formula is C12H16Cl2NO4P. The third kappa shape index (κ3) is 5.43.